The van der Waals surface area contributed by atoms with Crippen LogP contribution >= 0.6 is 0 Å². The average Bonchev–Trinajstić information content (AvgIpc) is 2.15. The van der Waals surface area contributed by atoms with E-state index in [1.165, 1.54) is 4.90 Å². The standard InChI is InChI=1S/C11H21NO3/c1-11(2,3)9-8(7-13)5-4-6-12(9)10(14)15/h8-9,13H,4-7H2,1-3H3,(H,14,15)/t8-,9?/m1/s1. The van der Waals surface area contributed by atoms with E-state index in [1.807, 2.05) is 20.8 Å². The van der Waals surface area contributed by atoms with Crippen molar-refractivity contribution in [2.24, 2.45) is 11.3 Å². The van der Waals surface area contributed by atoms with Crippen LogP contribution in [0, 0.1) is 11.3 Å². The molecule has 0 aromatic heterocycles. The van der Waals surface area contributed by atoms with E-state index >= 15 is 0 Å². The van der Waals surface area contributed by atoms with Gasteiger partial charge in [0.25, 0.3) is 0 Å². The highest BCUT2D eigenvalue weighted by molar-refractivity contribution is 5.65. The molecule has 0 aromatic carbocycles. The van der Waals surface area contributed by atoms with E-state index < -0.39 is 6.09 Å². The highest BCUT2D eigenvalue weighted by Crippen LogP contribution is 2.35. The Morgan fingerprint density at radius 1 is 1.47 bits per heavy atom. The van der Waals surface area contributed by atoms with Crippen LogP contribution in [0.5, 0.6) is 0 Å². The summed E-state index contributed by atoms with van der Waals surface area (Å²) in [5, 5.41) is 18.4. The molecule has 1 heterocycles. The van der Waals surface area contributed by atoms with Gasteiger partial charge in [-0.3, -0.25) is 0 Å². The quantitative estimate of drug-likeness (QED) is 0.701. The van der Waals surface area contributed by atoms with Crippen molar-refractivity contribution in [1.29, 1.82) is 0 Å². The van der Waals surface area contributed by atoms with E-state index in [-0.39, 0.29) is 24.0 Å². The van der Waals surface area contributed by atoms with Crippen molar-refractivity contribution in [3.8, 4) is 0 Å². The molecule has 0 radical (unpaired) electrons. The number of carboxylic acid groups (broad SMARTS) is 1. The summed E-state index contributed by atoms with van der Waals surface area (Å²) in [6, 6.07) is -0.0752. The van der Waals surface area contributed by atoms with E-state index in [2.05, 4.69) is 0 Å². The van der Waals surface area contributed by atoms with Crippen molar-refractivity contribution in [2.45, 2.75) is 39.7 Å². The second kappa shape index (κ2) is 4.39. The SMILES string of the molecule is CC(C)(C)C1[C@@H](CO)CCCN1C(=O)O. The van der Waals surface area contributed by atoms with Gasteiger partial charge in [0.15, 0.2) is 0 Å². The van der Waals surface area contributed by atoms with Crippen molar-refractivity contribution in [3.63, 3.8) is 0 Å². The predicted octanol–water partition coefficient (Wildman–Crippen LogP) is 1.78. The molecule has 1 fully saturated rings. The van der Waals surface area contributed by atoms with Crippen LogP contribution in [0.1, 0.15) is 33.6 Å². The molecular formula is C11H21NO3. The normalized spacial score (nSPS) is 27.9. The van der Waals surface area contributed by atoms with Gasteiger partial charge in [-0.1, -0.05) is 20.8 Å². The average molecular weight is 215 g/mol. The first-order valence-electron chi connectivity index (χ1n) is 5.48. The highest BCUT2D eigenvalue weighted by Gasteiger charge is 2.41. The summed E-state index contributed by atoms with van der Waals surface area (Å²) < 4.78 is 0. The molecule has 2 atom stereocenters. The van der Waals surface area contributed by atoms with Crippen molar-refractivity contribution in [1.82, 2.24) is 4.90 Å². The van der Waals surface area contributed by atoms with E-state index in [1.54, 1.807) is 0 Å². The third-order valence-corrected chi connectivity index (χ3v) is 3.12. The summed E-state index contributed by atoms with van der Waals surface area (Å²) in [5.74, 6) is 0.0786. The molecule has 0 bridgehead atoms. The Kier molecular flexibility index (Phi) is 3.60. The lowest BCUT2D eigenvalue weighted by Crippen LogP contribution is -2.55. The second-order valence-electron chi connectivity index (χ2n) is 5.37. The van der Waals surface area contributed by atoms with Crippen molar-refractivity contribution < 1.29 is 15.0 Å². The number of aliphatic hydroxyl groups is 1. The smallest absolute Gasteiger partial charge is 0.407 e. The number of likely N-dealkylation sites (tertiary alicyclic amines) is 1. The summed E-state index contributed by atoms with van der Waals surface area (Å²) in [5.41, 5.74) is -0.119. The van der Waals surface area contributed by atoms with E-state index in [0.717, 1.165) is 12.8 Å². The summed E-state index contributed by atoms with van der Waals surface area (Å²) >= 11 is 0. The molecule has 2 N–H and O–H groups in total. The number of aliphatic hydroxyl groups excluding tert-OH is 1. The third-order valence-electron chi connectivity index (χ3n) is 3.12. The lowest BCUT2D eigenvalue weighted by molar-refractivity contribution is 0.00273. The summed E-state index contributed by atoms with van der Waals surface area (Å²) in [6.45, 7) is 6.75. The second-order valence-corrected chi connectivity index (χ2v) is 5.37. The van der Waals surface area contributed by atoms with E-state index in [4.69, 9.17) is 5.11 Å². The van der Waals surface area contributed by atoms with Gasteiger partial charge in [-0.05, 0) is 18.3 Å². The molecule has 0 spiro atoms. The number of hydrogen-bond acceptors (Lipinski definition) is 2. The van der Waals surface area contributed by atoms with Crippen LogP contribution in [-0.4, -0.2) is 40.4 Å². The number of rotatable bonds is 1. The molecule has 0 aromatic rings. The maximum atomic E-state index is 11.1. The molecule has 88 valence electrons. The van der Waals surface area contributed by atoms with Gasteiger partial charge in [-0.25, -0.2) is 4.79 Å². The number of amides is 1. The summed E-state index contributed by atoms with van der Waals surface area (Å²) in [7, 11) is 0. The van der Waals surface area contributed by atoms with Crippen LogP contribution in [0.3, 0.4) is 0 Å². The van der Waals surface area contributed by atoms with Crippen LogP contribution in [0.25, 0.3) is 0 Å². The molecule has 1 amide bonds. The molecule has 0 aliphatic carbocycles. The zero-order valence-electron chi connectivity index (χ0n) is 9.73. The molecule has 15 heavy (non-hydrogen) atoms. The lowest BCUT2D eigenvalue weighted by atomic mass is 9.74. The zero-order valence-corrected chi connectivity index (χ0v) is 9.73. The first kappa shape index (κ1) is 12.3. The van der Waals surface area contributed by atoms with Crippen molar-refractivity contribution in [3.05, 3.63) is 0 Å². The molecule has 1 saturated heterocycles. The molecule has 0 saturated carbocycles. The molecule has 1 unspecified atom stereocenters. The minimum absolute atomic E-state index is 0.0751. The largest absolute Gasteiger partial charge is 0.465 e. The number of nitrogens with zero attached hydrogens (tertiary/aromatic N) is 1. The zero-order chi connectivity index (χ0) is 11.6. The van der Waals surface area contributed by atoms with Gasteiger partial charge >= 0.3 is 6.09 Å². The lowest BCUT2D eigenvalue weighted by Gasteiger charge is -2.46. The van der Waals surface area contributed by atoms with Gasteiger partial charge in [0.05, 0.1) is 0 Å². The molecular weight excluding hydrogens is 194 g/mol. The number of piperidine rings is 1. The fourth-order valence-corrected chi connectivity index (χ4v) is 2.66. The predicted molar refractivity (Wildman–Crippen MR) is 57.8 cm³/mol. The van der Waals surface area contributed by atoms with Crippen LogP contribution in [-0.2, 0) is 0 Å². The van der Waals surface area contributed by atoms with Gasteiger partial charge in [0.2, 0.25) is 0 Å². The Morgan fingerprint density at radius 2 is 2.07 bits per heavy atom. The fraction of sp³-hybridized carbons (Fsp3) is 0.909. The van der Waals surface area contributed by atoms with Crippen LogP contribution in [0.2, 0.25) is 0 Å². The molecule has 4 heteroatoms. The Bertz CT molecular complexity index is 234. The maximum absolute atomic E-state index is 11.1. The Labute approximate surface area is 90.9 Å². The molecule has 1 aliphatic heterocycles. The topological polar surface area (TPSA) is 60.8 Å². The van der Waals surface area contributed by atoms with Gasteiger partial charge in [-0.15, -0.1) is 0 Å². The van der Waals surface area contributed by atoms with Gasteiger partial charge in [-0.2, -0.15) is 0 Å². The molecule has 1 aliphatic rings. The van der Waals surface area contributed by atoms with Crippen LogP contribution in [0.15, 0.2) is 0 Å². The van der Waals surface area contributed by atoms with E-state index in [0.29, 0.717) is 6.54 Å². The van der Waals surface area contributed by atoms with Gasteiger partial charge < -0.3 is 15.1 Å². The maximum Gasteiger partial charge on any atom is 0.407 e. The number of hydrogen-bond donors (Lipinski definition) is 2. The van der Waals surface area contributed by atoms with Crippen molar-refractivity contribution in [2.75, 3.05) is 13.2 Å². The van der Waals surface area contributed by atoms with Gasteiger partial charge in [0, 0.05) is 25.1 Å². The minimum Gasteiger partial charge on any atom is -0.465 e. The first-order valence-corrected chi connectivity index (χ1v) is 5.48. The van der Waals surface area contributed by atoms with Crippen molar-refractivity contribution >= 4 is 6.09 Å². The van der Waals surface area contributed by atoms with E-state index in [9.17, 15) is 9.90 Å². The van der Waals surface area contributed by atoms with Crippen LogP contribution in [0.4, 0.5) is 4.79 Å². The monoisotopic (exact) mass is 215 g/mol. The first-order chi connectivity index (χ1) is 6.88. The van der Waals surface area contributed by atoms with Gasteiger partial charge in [0.1, 0.15) is 0 Å². The summed E-state index contributed by atoms with van der Waals surface area (Å²) in [4.78, 5) is 12.6. The highest BCUT2D eigenvalue weighted by atomic mass is 16.4. The molecule has 4 nitrogen and oxygen atoms in total. The Balaban J connectivity index is 2.91. The Morgan fingerprint density at radius 3 is 2.47 bits per heavy atom. The fourth-order valence-electron chi connectivity index (χ4n) is 2.66. The summed E-state index contributed by atoms with van der Waals surface area (Å²) in [6.07, 6.45) is 0.903. The molecule has 1 rings (SSSR count). The third kappa shape index (κ3) is 2.62. The minimum atomic E-state index is -0.868. The number of carbonyl (C=O) groups is 1. The Hall–Kier alpha value is -0.770. The van der Waals surface area contributed by atoms with Crippen LogP contribution < -0.4 is 0 Å².